The minimum Gasteiger partial charge on any atom is -0.493 e. The van der Waals surface area contributed by atoms with Crippen LogP contribution in [0.3, 0.4) is 0 Å². The van der Waals surface area contributed by atoms with Gasteiger partial charge in [0.2, 0.25) is 0 Å². The van der Waals surface area contributed by atoms with Crippen molar-refractivity contribution in [1.29, 1.82) is 0 Å². The predicted molar refractivity (Wildman–Crippen MR) is 82.9 cm³/mol. The molecule has 1 aromatic carbocycles. The molecular weight excluding hydrogens is 288 g/mol. The van der Waals surface area contributed by atoms with Gasteiger partial charge in [0, 0.05) is 12.1 Å². The van der Waals surface area contributed by atoms with Crippen molar-refractivity contribution in [2.75, 3.05) is 35.0 Å². The second-order valence-electron chi connectivity index (χ2n) is 4.26. The summed E-state index contributed by atoms with van der Waals surface area (Å²) < 4.78 is 26.3. The summed E-state index contributed by atoms with van der Waals surface area (Å²) in [6.07, 6.45) is 3.63. The second-order valence-corrected chi connectivity index (χ2v) is 4.26. The van der Waals surface area contributed by atoms with E-state index in [1.54, 1.807) is 12.1 Å². The van der Waals surface area contributed by atoms with Gasteiger partial charge in [-0.15, -0.1) is 0 Å². The average molecular weight is 310 g/mol. The van der Waals surface area contributed by atoms with Crippen molar-refractivity contribution in [1.82, 2.24) is 0 Å². The zero-order valence-corrected chi connectivity index (χ0v) is 13.6. The Labute approximate surface area is 130 Å². The van der Waals surface area contributed by atoms with E-state index in [1.807, 2.05) is 6.92 Å². The minimum atomic E-state index is -0.437. The molecule has 22 heavy (non-hydrogen) atoms. The number of methoxy groups -OCH3 is 4. The molecule has 0 radical (unpaired) electrons. The lowest BCUT2D eigenvalue weighted by atomic mass is 10.1. The predicted octanol–water partition coefficient (Wildman–Crippen LogP) is 2.69. The Morgan fingerprint density at radius 3 is 1.95 bits per heavy atom. The summed E-state index contributed by atoms with van der Waals surface area (Å²) in [4.78, 5) is 11.6. The normalized spacial score (nSPS) is 10.4. The van der Waals surface area contributed by atoms with Gasteiger partial charge < -0.3 is 23.7 Å². The van der Waals surface area contributed by atoms with Crippen LogP contribution in [-0.2, 0) is 9.53 Å². The van der Waals surface area contributed by atoms with Gasteiger partial charge in [0.1, 0.15) is 0 Å². The Kier molecular flexibility index (Phi) is 7.08. The summed E-state index contributed by atoms with van der Waals surface area (Å²) in [7, 11) is 6.06. The molecule has 0 bridgehead atoms. The smallest absolute Gasteiger partial charge is 0.330 e. The maximum Gasteiger partial charge on any atom is 0.330 e. The molecular formula is C16H22O6. The lowest BCUT2D eigenvalue weighted by molar-refractivity contribution is -0.137. The maximum atomic E-state index is 11.6. The number of carbonyl (C=O) groups is 1. The van der Waals surface area contributed by atoms with E-state index < -0.39 is 5.97 Å². The highest BCUT2D eigenvalue weighted by Crippen LogP contribution is 2.45. The van der Waals surface area contributed by atoms with Gasteiger partial charge in [0.05, 0.1) is 40.6 Å². The first-order chi connectivity index (χ1) is 10.6. The summed E-state index contributed by atoms with van der Waals surface area (Å²) in [5, 5.41) is 0. The number of esters is 1. The molecule has 1 rings (SSSR count). The molecule has 6 nitrogen and oxygen atoms in total. The first-order valence-corrected chi connectivity index (χ1v) is 6.84. The van der Waals surface area contributed by atoms with E-state index in [4.69, 9.17) is 23.7 Å². The van der Waals surface area contributed by atoms with Gasteiger partial charge in [0.25, 0.3) is 0 Å². The number of carbonyl (C=O) groups excluding carboxylic acids is 1. The van der Waals surface area contributed by atoms with Crippen LogP contribution in [0, 0.1) is 0 Å². The monoisotopic (exact) mass is 310 g/mol. The first kappa shape index (κ1) is 17.7. The van der Waals surface area contributed by atoms with Crippen LogP contribution < -0.4 is 18.9 Å². The zero-order chi connectivity index (χ0) is 16.5. The van der Waals surface area contributed by atoms with Crippen LogP contribution in [0.4, 0.5) is 0 Å². The van der Waals surface area contributed by atoms with E-state index in [0.717, 1.165) is 6.42 Å². The van der Waals surface area contributed by atoms with Gasteiger partial charge in [-0.25, -0.2) is 4.79 Å². The van der Waals surface area contributed by atoms with Gasteiger partial charge in [-0.05, 0) is 12.5 Å². The summed E-state index contributed by atoms with van der Waals surface area (Å²) in [6, 6.07) is 1.66. The summed E-state index contributed by atoms with van der Waals surface area (Å²) >= 11 is 0. The third kappa shape index (κ3) is 4.07. The maximum absolute atomic E-state index is 11.6. The van der Waals surface area contributed by atoms with Crippen molar-refractivity contribution < 1.29 is 28.5 Å². The Morgan fingerprint density at radius 2 is 1.55 bits per heavy atom. The Bertz CT molecular complexity index is 506. The van der Waals surface area contributed by atoms with Crippen LogP contribution >= 0.6 is 0 Å². The third-order valence-corrected chi connectivity index (χ3v) is 2.88. The lowest BCUT2D eigenvalue weighted by Gasteiger charge is -2.17. The summed E-state index contributed by atoms with van der Waals surface area (Å²) in [6.45, 7) is 2.30. The molecule has 122 valence electrons. The third-order valence-electron chi connectivity index (χ3n) is 2.88. The van der Waals surface area contributed by atoms with Crippen LogP contribution in [0.1, 0.15) is 18.9 Å². The average Bonchev–Trinajstić information content (AvgIpc) is 2.55. The molecule has 0 amide bonds. The largest absolute Gasteiger partial charge is 0.493 e. The number of hydrogen-bond acceptors (Lipinski definition) is 6. The molecule has 0 fully saturated rings. The molecule has 1 aromatic rings. The van der Waals surface area contributed by atoms with Crippen LogP contribution in [-0.4, -0.2) is 41.0 Å². The molecule has 0 spiro atoms. The Morgan fingerprint density at radius 1 is 1.00 bits per heavy atom. The molecule has 0 saturated heterocycles. The minimum absolute atomic E-state index is 0.374. The SMILES string of the molecule is CCCOC(=O)C=Cc1c(OC)c(OC)cc(OC)c1OC. The first-order valence-electron chi connectivity index (χ1n) is 6.84. The van der Waals surface area contributed by atoms with E-state index in [-0.39, 0.29) is 0 Å². The number of rotatable bonds is 8. The number of benzene rings is 1. The standard InChI is InChI=1S/C16H22O6/c1-6-9-22-14(17)8-7-11-15(20-4)12(18-2)10-13(19-3)16(11)21-5/h7-8,10H,6,9H2,1-5H3. The van der Waals surface area contributed by atoms with E-state index >= 15 is 0 Å². The molecule has 0 atom stereocenters. The van der Waals surface area contributed by atoms with Crippen molar-refractivity contribution in [2.45, 2.75) is 13.3 Å². The fourth-order valence-corrected chi connectivity index (χ4v) is 1.90. The van der Waals surface area contributed by atoms with Crippen LogP contribution in [0.2, 0.25) is 0 Å². The molecule has 0 aliphatic heterocycles. The topological polar surface area (TPSA) is 63.2 Å². The van der Waals surface area contributed by atoms with Crippen molar-refractivity contribution in [3.05, 3.63) is 17.7 Å². The second kappa shape index (κ2) is 8.81. The highest BCUT2D eigenvalue weighted by atomic mass is 16.5. The van der Waals surface area contributed by atoms with Gasteiger partial charge >= 0.3 is 5.97 Å². The molecule has 0 aromatic heterocycles. The van der Waals surface area contributed by atoms with E-state index in [0.29, 0.717) is 35.2 Å². The van der Waals surface area contributed by atoms with Crippen molar-refractivity contribution in [2.24, 2.45) is 0 Å². The molecule has 0 N–H and O–H groups in total. The van der Waals surface area contributed by atoms with E-state index in [2.05, 4.69) is 0 Å². The van der Waals surface area contributed by atoms with Gasteiger partial charge in [-0.3, -0.25) is 0 Å². The van der Waals surface area contributed by atoms with Gasteiger partial charge in [-0.2, -0.15) is 0 Å². The molecule has 0 heterocycles. The molecule has 0 saturated carbocycles. The molecule has 0 aliphatic rings. The molecule has 6 heteroatoms. The highest BCUT2D eigenvalue weighted by molar-refractivity contribution is 5.89. The summed E-state index contributed by atoms with van der Waals surface area (Å²) in [5.41, 5.74) is 0.537. The summed E-state index contributed by atoms with van der Waals surface area (Å²) in [5.74, 6) is 1.40. The van der Waals surface area contributed by atoms with Crippen molar-refractivity contribution in [3.63, 3.8) is 0 Å². The quantitative estimate of drug-likeness (QED) is 0.543. The Hall–Kier alpha value is -2.37. The van der Waals surface area contributed by atoms with Gasteiger partial charge in [-0.1, -0.05) is 6.92 Å². The van der Waals surface area contributed by atoms with Crippen molar-refractivity contribution >= 4 is 12.0 Å². The van der Waals surface area contributed by atoms with Crippen molar-refractivity contribution in [3.8, 4) is 23.0 Å². The van der Waals surface area contributed by atoms with E-state index in [9.17, 15) is 4.79 Å². The number of hydrogen-bond donors (Lipinski definition) is 0. The molecule has 0 aliphatic carbocycles. The Balaban J connectivity index is 3.29. The fourth-order valence-electron chi connectivity index (χ4n) is 1.90. The number of ether oxygens (including phenoxy) is 5. The lowest BCUT2D eigenvalue weighted by Crippen LogP contribution is -2.02. The van der Waals surface area contributed by atoms with Crippen LogP contribution in [0.5, 0.6) is 23.0 Å². The van der Waals surface area contributed by atoms with Crippen LogP contribution in [0.25, 0.3) is 6.08 Å². The zero-order valence-electron chi connectivity index (χ0n) is 13.6. The highest BCUT2D eigenvalue weighted by Gasteiger charge is 2.19. The molecule has 0 unspecified atom stereocenters. The van der Waals surface area contributed by atoms with E-state index in [1.165, 1.54) is 34.5 Å². The fraction of sp³-hybridized carbons (Fsp3) is 0.438. The van der Waals surface area contributed by atoms with Gasteiger partial charge in [0.15, 0.2) is 23.0 Å². The van der Waals surface area contributed by atoms with Crippen LogP contribution in [0.15, 0.2) is 12.1 Å².